The van der Waals surface area contributed by atoms with Crippen LogP contribution in [-0.2, 0) is 11.3 Å². The molecule has 2 saturated heterocycles. The number of aliphatic hydroxyl groups is 1. The molecule has 0 radical (unpaired) electrons. The van der Waals surface area contributed by atoms with Gasteiger partial charge in [0.1, 0.15) is 5.82 Å². The normalized spacial score (nSPS) is 24.3. The van der Waals surface area contributed by atoms with Crippen LogP contribution < -0.4 is 4.90 Å². The summed E-state index contributed by atoms with van der Waals surface area (Å²) in [5.41, 5.74) is 0.891. The number of rotatable bonds is 3. The fraction of sp³-hybridized carbons (Fsp3) is 0.643. The summed E-state index contributed by atoms with van der Waals surface area (Å²) in [6.07, 6.45) is 2.96. The Bertz CT molecular complexity index is 466. The second kappa shape index (κ2) is 6.39. The third-order valence-electron chi connectivity index (χ3n) is 4.10. The van der Waals surface area contributed by atoms with Crippen LogP contribution in [0.25, 0.3) is 0 Å². The standard InChI is InChI=1S/C14H20BrN3O2/c15-12-7-11(10-19)14(16-8-12)18-2-1-13(9-18)17-3-5-20-6-4-17/h7-8,13,19H,1-6,9-10H2. The molecular weight excluding hydrogens is 322 g/mol. The zero-order chi connectivity index (χ0) is 13.9. The fourth-order valence-electron chi connectivity index (χ4n) is 3.05. The molecule has 2 aliphatic rings. The summed E-state index contributed by atoms with van der Waals surface area (Å²) in [5.74, 6) is 0.923. The molecule has 0 aromatic carbocycles. The predicted molar refractivity (Wildman–Crippen MR) is 80.9 cm³/mol. The van der Waals surface area contributed by atoms with Gasteiger partial charge in [0.05, 0.1) is 19.8 Å². The minimum absolute atomic E-state index is 0.0283. The highest BCUT2D eigenvalue weighted by molar-refractivity contribution is 9.10. The second-order valence-electron chi connectivity index (χ2n) is 5.33. The van der Waals surface area contributed by atoms with Gasteiger partial charge in [-0.3, -0.25) is 4.90 Å². The van der Waals surface area contributed by atoms with Gasteiger partial charge in [-0.25, -0.2) is 4.98 Å². The van der Waals surface area contributed by atoms with Gasteiger partial charge in [-0.1, -0.05) is 0 Å². The quantitative estimate of drug-likeness (QED) is 0.896. The summed E-state index contributed by atoms with van der Waals surface area (Å²) >= 11 is 3.41. The molecule has 2 aliphatic heterocycles. The van der Waals surface area contributed by atoms with Crippen LogP contribution >= 0.6 is 15.9 Å². The van der Waals surface area contributed by atoms with E-state index in [0.717, 1.165) is 61.7 Å². The Morgan fingerprint density at radius 1 is 1.35 bits per heavy atom. The molecule has 6 heteroatoms. The van der Waals surface area contributed by atoms with Gasteiger partial charge in [-0.2, -0.15) is 0 Å². The smallest absolute Gasteiger partial charge is 0.134 e. The van der Waals surface area contributed by atoms with Crippen LogP contribution in [-0.4, -0.2) is 60.4 Å². The summed E-state index contributed by atoms with van der Waals surface area (Å²) in [5, 5.41) is 9.50. The number of halogens is 1. The van der Waals surface area contributed by atoms with E-state index >= 15 is 0 Å². The zero-order valence-corrected chi connectivity index (χ0v) is 13.0. The van der Waals surface area contributed by atoms with E-state index in [4.69, 9.17) is 4.74 Å². The number of nitrogens with zero attached hydrogens (tertiary/aromatic N) is 3. The van der Waals surface area contributed by atoms with Crippen LogP contribution in [0.1, 0.15) is 12.0 Å². The highest BCUT2D eigenvalue weighted by Crippen LogP contribution is 2.26. The summed E-state index contributed by atoms with van der Waals surface area (Å²) in [7, 11) is 0. The number of morpholine rings is 1. The molecule has 0 saturated carbocycles. The van der Waals surface area contributed by atoms with Gasteiger partial charge in [0, 0.05) is 48.5 Å². The first-order valence-corrected chi connectivity index (χ1v) is 7.89. The van der Waals surface area contributed by atoms with Crippen molar-refractivity contribution in [2.24, 2.45) is 0 Å². The van der Waals surface area contributed by atoms with Crippen LogP contribution in [0.4, 0.5) is 5.82 Å². The van der Waals surface area contributed by atoms with E-state index in [9.17, 15) is 5.11 Å². The van der Waals surface area contributed by atoms with Gasteiger partial charge < -0.3 is 14.7 Å². The van der Waals surface area contributed by atoms with E-state index in [2.05, 4.69) is 30.7 Å². The number of hydrogen-bond acceptors (Lipinski definition) is 5. The van der Waals surface area contributed by atoms with Gasteiger partial charge in [-0.05, 0) is 28.4 Å². The molecule has 20 heavy (non-hydrogen) atoms. The molecule has 110 valence electrons. The Balaban J connectivity index is 1.70. The summed E-state index contributed by atoms with van der Waals surface area (Å²) < 4.78 is 6.33. The van der Waals surface area contributed by atoms with Crippen LogP contribution in [0, 0.1) is 0 Å². The minimum Gasteiger partial charge on any atom is -0.392 e. The first-order valence-electron chi connectivity index (χ1n) is 7.10. The molecule has 5 nitrogen and oxygen atoms in total. The van der Waals surface area contributed by atoms with Crippen molar-refractivity contribution in [3.8, 4) is 0 Å². The van der Waals surface area contributed by atoms with Gasteiger partial charge >= 0.3 is 0 Å². The van der Waals surface area contributed by atoms with Crippen LogP contribution in [0.5, 0.6) is 0 Å². The van der Waals surface area contributed by atoms with Gasteiger partial charge in [0.25, 0.3) is 0 Å². The number of pyridine rings is 1. The van der Waals surface area contributed by atoms with Crippen molar-refractivity contribution in [1.82, 2.24) is 9.88 Å². The molecule has 3 rings (SSSR count). The molecule has 0 spiro atoms. The molecule has 2 fully saturated rings. The summed E-state index contributed by atoms with van der Waals surface area (Å²) in [4.78, 5) is 9.29. The molecule has 0 bridgehead atoms. The molecular formula is C14H20BrN3O2. The van der Waals surface area contributed by atoms with Gasteiger partial charge in [0.15, 0.2) is 0 Å². The SMILES string of the molecule is OCc1cc(Br)cnc1N1CCC(N2CCOCC2)C1. The highest BCUT2D eigenvalue weighted by atomic mass is 79.9. The molecule has 0 amide bonds. The Kier molecular flexibility index (Phi) is 4.55. The van der Waals surface area contributed by atoms with Crippen molar-refractivity contribution in [2.75, 3.05) is 44.3 Å². The van der Waals surface area contributed by atoms with Crippen LogP contribution in [0.2, 0.25) is 0 Å². The van der Waals surface area contributed by atoms with Crippen molar-refractivity contribution < 1.29 is 9.84 Å². The maximum Gasteiger partial charge on any atom is 0.134 e. The molecule has 1 atom stereocenters. The second-order valence-corrected chi connectivity index (χ2v) is 6.25. The first-order chi connectivity index (χ1) is 9.78. The van der Waals surface area contributed by atoms with Crippen molar-refractivity contribution in [3.05, 3.63) is 22.3 Å². The molecule has 0 aliphatic carbocycles. The lowest BCUT2D eigenvalue weighted by Gasteiger charge is -2.32. The largest absolute Gasteiger partial charge is 0.392 e. The topological polar surface area (TPSA) is 48.8 Å². The minimum atomic E-state index is 0.0283. The third kappa shape index (κ3) is 2.98. The van der Waals surface area contributed by atoms with E-state index in [1.165, 1.54) is 0 Å². The number of aliphatic hydroxyl groups excluding tert-OH is 1. The van der Waals surface area contributed by atoms with E-state index < -0.39 is 0 Å². The lowest BCUT2D eigenvalue weighted by molar-refractivity contribution is 0.0209. The Morgan fingerprint density at radius 2 is 2.15 bits per heavy atom. The first kappa shape index (κ1) is 14.3. The summed E-state index contributed by atoms with van der Waals surface area (Å²) in [6, 6.07) is 2.53. The summed E-state index contributed by atoms with van der Waals surface area (Å²) in [6.45, 7) is 5.76. The lowest BCUT2D eigenvalue weighted by atomic mass is 10.2. The average molecular weight is 342 g/mol. The third-order valence-corrected chi connectivity index (χ3v) is 4.54. The number of hydrogen-bond donors (Lipinski definition) is 1. The molecule has 1 aromatic heterocycles. The Labute approximate surface area is 127 Å². The van der Waals surface area contributed by atoms with Gasteiger partial charge in [-0.15, -0.1) is 0 Å². The number of ether oxygens (including phenoxy) is 1. The van der Waals surface area contributed by atoms with Gasteiger partial charge in [0.2, 0.25) is 0 Å². The molecule has 1 aromatic rings. The molecule has 1 unspecified atom stereocenters. The molecule has 1 N–H and O–H groups in total. The van der Waals surface area contributed by atoms with Crippen LogP contribution in [0.3, 0.4) is 0 Å². The van der Waals surface area contributed by atoms with Crippen LogP contribution in [0.15, 0.2) is 16.7 Å². The maximum atomic E-state index is 9.50. The van der Waals surface area contributed by atoms with Crippen molar-refractivity contribution in [1.29, 1.82) is 0 Å². The molecule has 3 heterocycles. The Hall–Kier alpha value is -0.690. The Morgan fingerprint density at radius 3 is 2.90 bits per heavy atom. The van der Waals surface area contributed by atoms with Crippen molar-refractivity contribution >= 4 is 21.7 Å². The van der Waals surface area contributed by atoms with Crippen molar-refractivity contribution in [2.45, 2.75) is 19.1 Å². The van der Waals surface area contributed by atoms with E-state index in [0.29, 0.717) is 6.04 Å². The van der Waals surface area contributed by atoms with E-state index in [-0.39, 0.29) is 6.61 Å². The van der Waals surface area contributed by atoms with Crippen molar-refractivity contribution in [3.63, 3.8) is 0 Å². The van der Waals surface area contributed by atoms with E-state index in [1.54, 1.807) is 6.20 Å². The monoisotopic (exact) mass is 341 g/mol. The lowest BCUT2D eigenvalue weighted by Crippen LogP contribution is -2.44. The highest BCUT2D eigenvalue weighted by Gasteiger charge is 2.30. The number of anilines is 1. The zero-order valence-electron chi connectivity index (χ0n) is 11.5. The maximum absolute atomic E-state index is 9.50. The fourth-order valence-corrected chi connectivity index (χ4v) is 3.43. The number of aromatic nitrogens is 1. The average Bonchev–Trinajstić information content (AvgIpc) is 2.97. The predicted octanol–water partition coefficient (Wildman–Crippen LogP) is 1.25. The van der Waals surface area contributed by atoms with E-state index in [1.807, 2.05) is 6.07 Å².